The fraction of sp³-hybridized carbons (Fsp3) is 0.364. The summed E-state index contributed by atoms with van der Waals surface area (Å²) in [7, 11) is 1.62. The SMILES string of the molecule is COc1cc(Br)cc(NC(=NC(C)C)NN)c1. The largest absolute Gasteiger partial charge is 0.497 e. The molecule has 1 aromatic rings. The van der Waals surface area contributed by atoms with Gasteiger partial charge in [-0.2, -0.15) is 0 Å². The van der Waals surface area contributed by atoms with E-state index in [1.165, 1.54) is 0 Å². The van der Waals surface area contributed by atoms with Crippen LogP contribution in [0.15, 0.2) is 27.7 Å². The first-order valence-corrected chi connectivity index (χ1v) is 6.00. The van der Waals surface area contributed by atoms with E-state index in [1.807, 2.05) is 32.0 Å². The van der Waals surface area contributed by atoms with Gasteiger partial charge in [0, 0.05) is 22.3 Å². The summed E-state index contributed by atoms with van der Waals surface area (Å²) in [6, 6.07) is 5.80. The normalized spacial score (nSPS) is 11.5. The molecule has 0 aromatic heterocycles. The van der Waals surface area contributed by atoms with E-state index in [2.05, 4.69) is 31.7 Å². The molecule has 1 aromatic carbocycles. The van der Waals surface area contributed by atoms with Gasteiger partial charge in [0.05, 0.1) is 7.11 Å². The lowest BCUT2D eigenvalue weighted by Crippen LogP contribution is -2.36. The predicted molar refractivity (Wildman–Crippen MR) is 74.2 cm³/mol. The second-order valence-electron chi connectivity index (χ2n) is 3.72. The molecule has 0 atom stereocenters. The molecule has 0 radical (unpaired) electrons. The highest BCUT2D eigenvalue weighted by Gasteiger charge is 2.03. The van der Waals surface area contributed by atoms with Crippen molar-refractivity contribution in [1.82, 2.24) is 5.43 Å². The van der Waals surface area contributed by atoms with E-state index in [-0.39, 0.29) is 6.04 Å². The molecule has 1 rings (SSSR count). The Morgan fingerprint density at radius 3 is 2.65 bits per heavy atom. The fourth-order valence-corrected chi connectivity index (χ4v) is 1.73. The molecule has 0 heterocycles. The van der Waals surface area contributed by atoms with Gasteiger partial charge in [0.2, 0.25) is 5.96 Å². The van der Waals surface area contributed by atoms with Crippen molar-refractivity contribution in [3.8, 4) is 5.75 Å². The number of nitrogens with zero attached hydrogens (tertiary/aromatic N) is 1. The maximum atomic E-state index is 5.39. The average molecular weight is 301 g/mol. The Kier molecular flexibility index (Phi) is 5.24. The smallest absolute Gasteiger partial charge is 0.210 e. The van der Waals surface area contributed by atoms with Crippen molar-refractivity contribution >= 4 is 27.6 Å². The summed E-state index contributed by atoms with van der Waals surface area (Å²) >= 11 is 3.40. The standard InChI is InChI=1S/C11H17BrN4O/c1-7(2)14-11(16-13)15-9-4-8(12)5-10(6-9)17-3/h4-7H,13H2,1-3H3,(H2,14,15,16). The molecular formula is C11H17BrN4O. The van der Waals surface area contributed by atoms with E-state index in [0.29, 0.717) is 5.96 Å². The van der Waals surface area contributed by atoms with Gasteiger partial charge in [-0.25, -0.2) is 10.8 Å². The van der Waals surface area contributed by atoms with Gasteiger partial charge in [0.25, 0.3) is 0 Å². The average Bonchev–Trinajstić information content (AvgIpc) is 2.26. The van der Waals surface area contributed by atoms with Crippen LogP contribution in [0.2, 0.25) is 0 Å². The van der Waals surface area contributed by atoms with Crippen LogP contribution in [0.5, 0.6) is 5.75 Å². The molecule has 0 saturated heterocycles. The maximum Gasteiger partial charge on any atom is 0.210 e. The Hall–Kier alpha value is -1.27. The zero-order valence-electron chi connectivity index (χ0n) is 10.1. The number of halogens is 1. The highest BCUT2D eigenvalue weighted by molar-refractivity contribution is 9.10. The maximum absolute atomic E-state index is 5.39. The number of hydrazine groups is 1. The van der Waals surface area contributed by atoms with E-state index in [9.17, 15) is 0 Å². The first-order valence-electron chi connectivity index (χ1n) is 5.21. The number of methoxy groups -OCH3 is 1. The summed E-state index contributed by atoms with van der Waals surface area (Å²) in [5.41, 5.74) is 3.36. The van der Waals surface area contributed by atoms with Gasteiger partial charge in [-0.1, -0.05) is 15.9 Å². The Bertz CT molecular complexity index is 406. The zero-order chi connectivity index (χ0) is 12.8. The lowest BCUT2D eigenvalue weighted by Gasteiger charge is -2.12. The zero-order valence-corrected chi connectivity index (χ0v) is 11.7. The topological polar surface area (TPSA) is 71.7 Å². The van der Waals surface area contributed by atoms with Gasteiger partial charge < -0.3 is 10.1 Å². The predicted octanol–water partition coefficient (Wildman–Crippen LogP) is 2.10. The third kappa shape index (κ3) is 4.62. The highest BCUT2D eigenvalue weighted by atomic mass is 79.9. The number of anilines is 1. The molecule has 0 aliphatic rings. The minimum absolute atomic E-state index is 0.155. The van der Waals surface area contributed by atoms with Crippen LogP contribution in [0.25, 0.3) is 0 Å². The molecule has 0 spiro atoms. The second kappa shape index (κ2) is 6.46. The van der Waals surface area contributed by atoms with Gasteiger partial charge >= 0.3 is 0 Å². The molecule has 17 heavy (non-hydrogen) atoms. The summed E-state index contributed by atoms with van der Waals surface area (Å²) in [4.78, 5) is 4.29. The minimum Gasteiger partial charge on any atom is -0.497 e. The van der Waals surface area contributed by atoms with Crippen LogP contribution in [0.4, 0.5) is 5.69 Å². The molecule has 4 N–H and O–H groups in total. The van der Waals surface area contributed by atoms with E-state index < -0.39 is 0 Å². The van der Waals surface area contributed by atoms with Crippen LogP contribution in [-0.4, -0.2) is 19.1 Å². The molecule has 0 unspecified atom stereocenters. The molecule has 0 bridgehead atoms. The third-order valence-electron chi connectivity index (χ3n) is 1.89. The highest BCUT2D eigenvalue weighted by Crippen LogP contribution is 2.24. The van der Waals surface area contributed by atoms with Gasteiger partial charge in [0.15, 0.2) is 0 Å². The van der Waals surface area contributed by atoms with Gasteiger partial charge in [-0.3, -0.25) is 5.43 Å². The molecule has 0 aliphatic heterocycles. The Balaban J connectivity index is 2.89. The van der Waals surface area contributed by atoms with E-state index in [4.69, 9.17) is 10.6 Å². The number of nitrogens with one attached hydrogen (secondary N) is 2. The van der Waals surface area contributed by atoms with Crippen molar-refractivity contribution in [2.45, 2.75) is 19.9 Å². The first kappa shape index (κ1) is 13.8. The lowest BCUT2D eigenvalue weighted by molar-refractivity contribution is 0.415. The van der Waals surface area contributed by atoms with Crippen LogP contribution in [0.1, 0.15) is 13.8 Å². The van der Waals surface area contributed by atoms with Crippen molar-refractivity contribution in [2.24, 2.45) is 10.8 Å². The summed E-state index contributed by atoms with van der Waals surface area (Å²) in [6.45, 7) is 3.95. The number of aliphatic imine (C=N–C) groups is 1. The summed E-state index contributed by atoms with van der Waals surface area (Å²) in [5.74, 6) is 6.66. The van der Waals surface area contributed by atoms with Crippen LogP contribution < -0.4 is 21.3 Å². The quantitative estimate of drug-likeness (QED) is 0.346. The number of benzene rings is 1. The summed E-state index contributed by atoms with van der Waals surface area (Å²) < 4.78 is 6.09. The van der Waals surface area contributed by atoms with Crippen molar-refractivity contribution in [3.05, 3.63) is 22.7 Å². The molecule has 94 valence electrons. The first-order chi connectivity index (χ1) is 8.05. The minimum atomic E-state index is 0.155. The molecule has 6 heteroatoms. The molecule has 5 nitrogen and oxygen atoms in total. The van der Waals surface area contributed by atoms with Crippen LogP contribution in [0.3, 0.4) is 0 Å². The van der Waals surface area contributed by atoms with Gasteiger partial charge in [-0.05, 0) is 26.0 Å². The summed E-state index contributed by atoms with van der Waals surface area (Å²) in [6.07, 6.45) is 0. The van der Waals surface area contributed by atoms with E-state index >= 15 is 0 Å². The van der Waals surface area contributed by atoms with Crippen molar-refractivity contribution in [3.63, 3.8) is 0 Å². The van der Waals surface area contributed by atoms with Gasteiger partial charge in [0.1, 0.15) is 5.75 Å². The van der Waals surface area contributed by atoms with Gasteiger partial charge in [-0.15, -0.1) is 0 Å². The van der Waals surface area contributed by atoms with Crippen molar-refractivity contribution in [1.29, 1.82) is 0 Å². The monoisotopic (exact) mass is 300 g/mol. The number of guanidine groups is 1. The Labute approximate surface area is 110 Å². The van der Waals surface area contributed by atoms with Crippen LogP contribution in [-0.2, 0) is 0 Å². The lowest BCUT2D eigenvalue weighted by atomic mass is 10.3. The number of hydrogen-bond donors (Lipinski definition) is 3. The molecule has 0 fully saturated rings. The number of rotatable bonds is 3. The Morgan fingerprint density at radius 1 is 1.41 bits per heavy atom. The van der Waals surface area contributed by atoms with E-state index in [0.717, 1.165) is 15.9 Å². The number of hydrogen-bond acceptors (Lipinski definition) is 3. The Morgan fingerprint density at radius 2 is 2.12 bits per heavy atom. The molecule has 0 saturated carbocycles. The van der Waals surface area contributed by atoms with Crippen LogP contribution >= 0.6 is 15.9 Å². The number of ether oxygens (including phenoxy) is 1. The van der Waals surface area contributed by atoms with Crippen LogP contribution in [0, 0.1) is 0 Å². The second-order valence-corrected chi connectivity index (χ2v) is 4.64. The third-order valence-corrected chi connectivity index (χ3v) is 2.35. The van der Waals surface area contributed by atoms with E-state index in [1.54, 1.807) is 7.11 Å². The van der Waals surface area contributed by atoms with Crippen molar-refractivity contribution in [2.75, 3.05) is 12.4 Å². The summed E-state index contributed by atoms with van der Waals surface area (Å²) in [5, 5.41) is 3.08. The van der Waals surface area contributed by atoms with Crippen molar-refractivity contribution < 1.29 is 4.74 Å². The number of nitrogens with two attached hydrogens (primary N) is 1. The fourth-order valence-electron chi connectivity index (χ4n) is 1.25. The molecule has 0 aliphatic carbocycles. The molecular weight excluding hydrogens is 284 g/mol. The molecule has 0 amide bonds.